The van der Waals surface area contributed by atoms with Crippen molar-refractivity contribution >= 4 is 16.9 Å². The fourth-order valence-electron chi connectivity index (χ4n) is 4.63. The molecule has 0 saturated carbocycles. The Morgan fingerprint density at radius 2 is 1.64 bits per heavy atom. The predicted octanol–water partition coefficient (Wildman–Crippen LogP) is 4.75. The normalized spacial score (nSPS) is 14.7. The van der Waals surface area contributed by atoms with Crippen molar-refractivity contribution in [1.82, 2.24) is 4.90 Å². The van der Waals surface area contributed by atoms with Crippen LogP contribution in [0.5, 0.6) is 17.2 Å². The number of hydrogen-bond donors (Lipinski definition) is 0. The Kier molecular flexibility index (Phi) is 6.10. The number of halogens is 1. The first-order valence-corrected chi connectivity index (χ1v) is 11.4. The Bertz CT molecular complexity index is 1510. The molecule has 4 aromatic rings. The molecule has 0 fully saturated rings. The van der Waals surface area contributed by atoms with Gasteiger partial charge in [0, 0.05) is 6.54 Å². The van der Waals surface area contributed by atoms with E-state index < -0.39 is 23.2 Å². The summed E-state index contributed by atoms with van der Waals surface area (Å²) in [6, 6.07) is 15.8. The molecule has 0 spiro atoms. The number of amides is 1. The van der Waals surface area contributed by atoms with Crippen LogP contribution in [0.2, 0.25) is 0 Å². The van der Waals surface area contributed by atoms with Crippen LogP contribution in [0.15, 0.2) is 69.9 Å². The molecule has 1 aliphatic rings. The molecule has 0 bridgehead atoms. The number of ether oxygens (including phenoxy) is 3. The first kappa shape index (κ1) is 23.4. The largest absolute Gasteiger partial charge is 0.497 e. The second-order valence-corrected chi connectivity index (χ2v) is 8.43. The molecule has 36 heavy (non-hydrogen) atoms. The first-order chi connectivity index (χ1) is 17.4. The molecule has 1 amide bonds. The van der Waals surface area contributed by atoms with Gasteiger partial charge in [0.1, 0.15) is 17.1 Å². The summed E-state index contributed by atoms with van der Waals surface area (Å²) in [5.74, 6) is 0.721. The summed E-state index contributed by atoms with van der Waals surface area (Å²) in [5.41, 5.74) is 1.55. The van der Waals surface area contributed by atoms with Crippen molar-refractivity contribution in [2.75, 3.05) is 27.9 Å². The van der Waals surface area contributed by atoms with Crippen LogP contribution in [0.25, 0.3) is 11.0 Å². The van der Waals surface area contributed by atoms with Crippen LogP contribution in [0.3, 0.4) is 0 Å². The fraction of sp³-hybridized carbons (Fsp3) is 0.214. The SMILES string of the molecule is COc1ccc(CCN2C(=O)c3oc4ccc(F)cc4c(=O)c3[C@H]2c2ccc(OC)c(OC)c2)cc1. The summed E-state index contributed by atoms with van der Waals surface area (Å²) in [6.45, 7) is 0.318. The minimum atomic E-state index is -0.741. The maximum absolute atomic E-state index is 14.0. The summed E-state index contributed by atoms with van der Waals surface area (Å²) in [4.78, 5) is 28.8. The Labute approximate surface area is 206 Å². The van der Waals surface area contributed by atoms with Gasteiger partial charge in [0.05, 0.1) is 38.3 Å². The lowest BCUT2D eigenvalue weighted by atomic mass is 9.97. The molecule has 1 atom stereocenters. The Balaban J connectivity index is 1.63. The molecule has 0 saturated heterocycles. The highest BCUT2D eigenvalue weighted by Gasteiger charge is 2.42. The molecular weight excluding hydrogens is 465 g/mol. The monoisotopic (exact) mass is 489 g/mol. The van der Waals surface area contributed by atoms with Crippen LogP contribution >= 0.6 is 0 Å². The van der Waals surface area contributed by atoms with Crippen LogP contribution in [0, 0.1) is 5.82 Å². The molecule has 1 aliphatic heterocycles. The van der Waals surface area contributed by atoms with Gasteiger partial charge >= 0.3 is 0 Å². The second kappa shape index (κ2) is 9.37. The zero-order valence-electron chi connectivity index (χ0n) is 20.0. The highest BCUT2D eigenvalue weighted by Crippen LogP contribution is 2.41. The molecular formula is C28H24FNO6. The summed E-state index contributed by atoms with van der Waals surface area (Å²) in [7, 11) is 4.65. The predicted molar refractivity (Wildman–Crippen MR) is 132 cm³/mol. The maximum Gasteiger partial charge on any atom is 0.290 e. The highest BCUT2D eigenvalue weighted by molar-refractivity contribution is 5.99. The number of fused-ring (bicyclic) bond motifs is 2. The van der Waals surface area contributed by atoms with Crippen molar-refractivity contribution < 1.29 is 27.8 Å². The minimum Gasteiger partial charge on any atom is -0.497 e. The van der Waals surface area contributed by atoms with Gasteiger partial charge in [-0.05, 0) is 60.0 Å². The van der Waals surface area contributed by atoms with Crippen molar-refractivity contribution in [1.29, 1.82) is 0 Å². The van der Waals surface area contributed by atoms with E-state index in [0.717, 1.165) is 17.4 Å². The van der Waals surface area contributed by atoms with Gasteiger partial charge in [0.15, 0.2) is 16.9 Å². The standard InChI is InChI=1S/C28H24FNO6/c1-33-19-8-4-16(5-9-19)12-13-30-25(17-6-10-22(34-2)23(14-17)35-3)24-26(31)20-15-18(29)7-11-21(20)36-27(24)28(30)32/h4-11,14-15,25H,12-13H2,1-3H3/t25-/m1/s1. The zero-order chi connectivity index (χ0) is 25.4. The Morgan fingerprint density at radius 3 is 2.33 bits per heavy atom. The van der Waals surface area contributed by atoms with Gasteiger partial charge in [-0.2, -0.15) is 0 Å². The summed E-state index contributed by atoms with van der Waals surface area (Å²) < 4.78 is 35.9. The van der Waals surface area contributed by atoms with Gasteiger partial charge in [-0.1, -0.05) is 18.2 Å². The Hall–Kier alpha value is -4.33. The van der Waals surface area contributed by atoms with Crippen molar-refractivity contribution in [2.45, 2.75) is 12.5 Å². The smallest absolute Gasteiger partial charge is 0.290 e. The zero-order valence-corrected chi connectivity index (χ0v) is 20.0. The average molecular weight is 489 g/mol. The summed E-state index contributed by atoms with van der Waals surface area (Å²) >= 11 is 0. The van der Waals surface area contributed by atoms with Gasteiger partial charge < -0.3 is 23.5 Å². The third kappa shape index (κ3) is 3.94. The van der Waals surface area contributed by atoms with E-state index in [1.807, 2.05) is 24.3 Å². The van der Waals surface area contributed by atoms with Crippen molar-refractivity contribution in [3.8, 4) is 17.2 Å². The number of rotatable bonds is 7. The van der Waals surface area contributed by atoms with Gasteiger partial charge in [0.2, 0.25) is 5.76 Å². The van der Waals surface area contributed by atoms with E-state index in [2.05, 4.69) is 0 Å². The quantitative estimate of drug-likeness (QED) is 0.373. The van der Waals surface area contributed by atoms with Crippen molar-refractivity contribution in [3.63, 3.8) is 0 Å². The number of nitrogens with zero attached hydrogens (tertiary/aromatic N) is 1. The maximum atomic E-state index is 14.0. The van der Waals surface area contributed by atoms with Gasteiger partial charge in [-0.15, -0.1) is 0 Å². The minimum absolute atomic E-state index is 0.0337. The third-order valence-corrected chi connectivity index (χ3v) is 6.45. The molecule has 7 nitrogen and oxygen atoms in total. The van der Waals surface area contributed by atoms with Crippen molar-refractivity contribution in [2.24, 2.45) is 0 Å². The summed E-state index contributed by atoms with van der Waals surface area (Å²) in [6.07, 6.45) is 0.538. The van der Waals surface area contributed by atoms with Crippen LogP contribution in [0.4, 0.5) is 4.39 Å². The second-order valence-electron chi connectivity index (χ2n) is 8.43. The lowest BCUT2D eigenvalue weighted by molar-refractivity contribution is 0.0730. The molecule has 0 radical (unpaired) electrons. The number of carbonyl (C=O) groups excluding carboxylic acids is 1. The van der Waals surface area contributed by atoms with Crippen LogP contribution in [0.1, 0.15) is 33.3 Å². The van der Waals surface area contributed by atoms with Gasteiger partial charge in [0.25, 0.3) is 5.91 Å². The van der Waals surface area contributed by atoms with Crippen LogP contribution in [-0.4, -0.2) is 38.7 Å². The van der Waals surface area contributed by atoms with E-state index in [1.54, 1.807) is 30.2 Å². The third-order valence-electron chi connectivity index (χ3n) is 6.45. The molecule has 1 aromatic heterocycles. The molecule has 3 aromatic carbocycles. The van der Waals surface area contributed by atoms with Crippen molar-refractivity contribution in [3.05, 3.63) is 99.2 Å². The lowest BCUT2D eigenvalue weighted by Crippen LogP contribution is -2.31. The van der Waals surface area contributed by atoms with Gasteiger partial charge in [-0.25, -0.2) is 4.39 Å². The number of carbonyl (C=O) groups is 1. The summed E-state index contributed by atoms with van der Waals surface area (Å²) in [5, 5.41) is 0.0871. The highest BCUT2D eigenvalue weighted by atomic mass is 19.1. The van der Waals surface area contributed by atoms with Gasteiger partial charge in [-0.3, -0.25) is 9.59 Å². The molecule has 0 N–H and O–H groups in total. The van der Waals surface area contributed by atoms with E-state index >= 15 is 0 Å². The van der Waals surface area contributed by atoms with E-state index in [-0.39, 0.29) is 22.3 Å². The first-order valence-electron chi connectivity index (χ1n) is 11.4. The molecule has 0 aliphatic carbocycles. The molecule has 2 heterocycles. The van der Waals surface area contributed by atoms with Crippen LogP contribution < -0.4 is 19.6 Å². The number of hydrogen-bond acceptors (Lipinski definition) is 6. The number of benzene rings is 3. The average Bonchev–Trinajstić information content (AvgIpc) is 3.19. The number of methoxy groups -OCH3 is 3. The van der Waals surface area contributed by atoms with Crippen LogP contribution in [-0.2, 0) is 6.42 Å². The van der Waals surface area contributed by atoms with E-state index in [1.165, 1.54) is 26.4 Å². The molecule has 184 valence electrons. The topological polar surface area (TPSA) is 78.2 Å². The molecule has 8 heteroatoms. The fourth-order valence-corrected chi connectivity index (χ4v) is 4.63. The van der Waals surface area contributed by atoms with E-state index in [0.29, 0.717) is 30.0 Å². The van der Waals surface area contributed by atoms with E-state index in [9.17, 15) is 14.0 Å². The lowest BCUT2D eigenvalue weighted by Gasteiger charge is -2.26. The molecule has 5 rings (SSSR count). The van der Waals surface area contributed by atoms with E-state index in [4.69, 9.17) is 18.6 Å². The molecule has 0 unspecified atom stereocenters. The Morgan fingerprint density at radius 1 is 0.889 bits per heavy atom.